The molecule has 1 aliphatic heterocycles. The zero-order valence-electron chi connectivity index (χ0n) is 9.52. The van der Waals surface area contributed by atoms with Gasteiger partial charge in [0.2, 0.25) is 5.91 Å². The smallest absolute Gasteiger partial charge is 0.227 e. The van der Waals surface area contributed by atoms with Crippen molar-refractivity contribution in [1.29, 1.82) is 0 Å². The Hall–Kier alpha value is -1.42. The number of likely N-dealkylation sites (N-methyl/N-ethyl adjacent to an activating group) is 1. The number of rotatable bonds is 3. The zero-order valence-corrected chi connectivity index (χ0v) is 9.52. The molecule has 0 radical (unpaired) electrons. The molecule has 1 atom stereocenters. The maximum Gasteiger partial charge on any atom is 0.227 e. The normalized spacial score (nSPS) is 19.7. The number of hydrogen-bond donors (Lipinski definition) is 1. The average Bonchev–Trinajstić information content (AvgIpc) is 2.83. The fraction of sp³-hybridized carbons (Fsp3) is 0.500. The third-order valence-corrected chi connectivity index (χ3v) is 3.05. The van der Waals surface area contributed by atoms with Crippen LogP contribution in [0, 0.1) is 0 Å². The van der Waals surface area contributed by atoms with E-state index in [0.29, 0.717) is 12.5 Å². The van der Waals surface area contributed by atoms with Gasteiger partial charge in [0.1, 0.15) is 0 Å². The van der Waals surface area contributed by atoms with Gasteiger partial charge in [-0.05, 0) is 24.6 Å². The molecule has 1 aliphatic rings. The number of pyridine rings is 1. The van der Waals surface area contributed by atoms with Crippen molar-refractivity contribution in [1.82, 2.24) is 15.2 Å². The highest BCUT2D eigenvalue weighted by Gasteiger charge is 2.22. The van der Waals surface area contributed by atoms with Gasteiger partial charge in [-0.15, -0.1) is 0 Å². The molecule has 0 bridgehead atoms. The number of carbonyl (C=O) groups is 1. The van der Waals surface area contributed by atoms with Crippen LogP contribution in [-0.2, 0) is 11.2 Å². The summed E-state index contributed by atoms with van der Waals surface area (Å²) in [5, 5.41) is 3.27. The summed E-state index contributed by atoms with van der Waals surface area (Å²) < 4.78 is 0. The molecule has 1 saturated heterocycles. The van der Waals surface area contributed by atoms with Crippen molar-refractivity contribution in [3.05, 3.63) is 30.1 Å². The Labute approximate surface area is 95.7 Å². The molecule has 1 unspecified atom stereocenters. The van der Waals surface area contributed by atoms with Gasteiger partial charge in [0.05, 0.1) is 6.42 Å². The average molecular weight is 219 g/mol. The summed E-state index contributed by atoms with van der Waals surface area (Å²) in [4.78, 5) is 17.8. The number of nitrogens with one attached hydrogen (secondary N) is 1. The number of hydrogen-bond acceptors (Lipinski definition) is 3. The van der Waals surface area contributed by atoms with E-state index in [0.717, 1.165) is 25.1 Å². The van der Waals surface area contributed by atoms with Crippen LogP contribution in [0.4, 0.5) is 0 Å². The Bertz CT molecular complexity index is 347. The molecule has 1 fully saturated rings. The van der Waals surface area contributed by atoms with Crippen molar-refractivity contribution in [3.63, 3.8) is 0 Å². The van der Waals surface area contributed by atoms with E-state index in [1.165, 1.54) is 0 Å². The van der Waals surface area contributed by atoms with E-state index in [9.17, 15) is 4.79 Å². The fourth-order valence-electron chi connectivity index (χ4n) is 1.98. The molecule has 0 aromatic carbocycles. The molecule has 2 heterocycles. The number of nitrogens with zero attached hydrogens (tertiary/aromatic N) is 2. The highest BCUT2D eigenvalue weighted by Crippen LogP contribution is 2.08. The Morgan fingerprint density at radius 2 is 2.56 bits per heavy atom. The van der Waals surface area contributed by atoms with Gasteiger partial charge in [-0.2, -0.15) is 0 Å². The first-order valence-electron chi connectivity index (χ1n) is 5.62. The molecule has 4 nitrogen and oxygen atoms in total. The maximum atomic E-state index is 12.0. The summed E-state index contributed by atoms with van der Waals surface area (Å²) in [6, 6.07) is 4.15. The van der Waals surface area contributed by atoms with Gasteiger partial charge in [0.15, 0.2) is 0 Å². The third-order valence-electron chi connectivity index (χ3n) is 3.05. The molecule has 1 aromatic rings. The largest absolute Gasteiger partial charge is 0.341 e. The van der Waals surface area contributed by atoms with Gasteiger partial charge in [0.25, 0.3) is 0 Å². The second-order valence-electron chi connectivity index (χ2n) is 4.19. The Kier molecular flexibility index (Phi) is 3.51. The van der Waals surface area contributed by atoms with Gasteiger partial charge in [0, 0.05) is 32.0 Å². The molecule has 1 N–H and O–H groups in total. The lowest BCUT2D eigenvalue weighted by molar-refractivity contribution is -0.130. The first kappa shape index (κ1) is 11.1. The Morgan fingerprint density at radius 3 is 3.19 bits per heavy atom. The summed E-state index contributed by atoms with van der Waals surface area (Å²) in [5.41, 5.74) is 0.977. The van der Waals surface area contributed by atoms with Crippen molar-refractivity contribution in [2.24, 2.45) is 0 Å². The van der Waals surface area contributed by atoms with Gasteiger partial charge in [-0.3, -0.25) is 9.78 Å². The van der Waals surface area contributed by atoms with Crippen LogP contribution in [0.15, 0.2) is 24.5 Å². The minimum Gasteiger partial charge on any atom is -0.341 e. The Morgan fingerprint density at radius 1 is 1.69 bits per heavy atom. The summed E-state index contributed by atoms with van der Waals surface area (Å²) >= 11 is 0. The van der Waals surface area contributed by atoms with Crippen LogP contribution < -0.4 is 5.32 Å². The SMILES string of the molecule is CN(C(=O)Cc1cccnc1)C1CCNC1. The molecule has 1 aromatic heterocycles. The number of amides is 1. The molecule has 0 saturated carbocycles. The second-order valence-corrected chi connectivity index (χ2v) is 4.19. The minimum absolute atomic E-state index is 0.168. The molecular weight excluding hydrogens is 202 g/mol. The lowest BCUT2D eigenvalue weighted by atomic mass is 10.1. The van der Waals surface area contributed by atoms with Crippen LogP contribution in [-0.4, -0.2) is 42.0 Å². The highest BCUT2D eigenvalue weighted by atomic mass is 16.2. The minimum atomic E-state index is 0.168. The van der Waals surface area contributed by atoms with E-state index in [-0.39, 0.29) is 5.91 Å². The molecule has 0 aliphatic carbocycles. The van der Waals surface area contributed by atoms with E-state index in [1.807, 2.05) is 24.1 Å². The summed E-state index contributed by atoms with van der Waals surface area (Å²) in [6.45, 7) is 1.92. The van der Waals surface area contributed by atoms with Crippen molar-refractivity contribution < 1.29 is 4.79 Å². The maximum absolute atomic E-state index is 12.0. The highest BCUT2D eigenvalue weighted by molar-refractivity contribution is 5.78. The first-order valence-corrected chi connectivity index (χ1v) is 5.62. The van der Waals surface area contributed by atoms with E-state index in [1.54, 1.807) is 12.4 Å². The summed E-state index contributed by atoms with van der Waals surface area (Å²) in [5.74, 6) is 0.168. The van der Waals surface area contributed by atoms with Crippen LogP contribution in [0.3, 0.4) is 0 Å². The monoisotopic (exact) mass is 219 g/mol. The van der Waals surface area contributed by atoms with Crippen molar-refractivity contribution >= 4 is 5.91 Å². The first-order chi connectivity index (χ1) is 7.77. The van der Waals surface area contributed by atoms with Crippen LogP contribution in [0.5, 0.6) is 0 Å². The number of carbonyl (C=O) groups excluding carboxylic acids is 1. The predicted octanol–water partition coefficient (Wildman–Crippen LogP) is 0.444. The Balaban J connectivity index is 1.92. The quantitative estimate of drug-likeness (QED) is 0.802. The summed E-state index contributed by atoms with van der Waals surface area (Å²) in [6.07, 6.45) is 4.97. The second kappa shape index (κ2) is 5.07. The van der Waals surface area contributed by atoms with Crippen molar-refractivity contribution in [2.45, 2.75) is 18.9 Å². The van der Waals surface area contributed by atoms with Crippen LogP contribution in [0.1, 0.15) is 12.0 Å². The lowest BCUT2D eigenvalue weighted by Gasteiger charge is -2.23. The van der Waals surface area contributed by atoms with Crippen molar-refractivity contribution in [2.75, 3.05) is 20.1 Å². The number of aromatic nitrogens is 1. The fourth-order valence-corrected chi connectivity index (χ4v) is 1.98. The molecule has 4 heteroatoms. The van der Waals surface area contributed by atoms with E-state index in [2.05, 4.69) is 10.3 Å². The molecule has 1 amide bonds. The van der Waals surface area contributed by atoms with Crippen LogP contribution in [0.2, 0.25) is 0 Å². The molecule has 2 rings (SSSR count). The summed E-state index contributed by atoms with van der Waals surface area (Å²) in [7, 11) is 1.89. The molecule has 0 spiro atoms. The van der Waals surface area contributed by atoms with E-state index < -0.39 is 0 Å². The predicted molar refractivity (Wildman–Crippen MR) is 62.0 cm³/mol. The van der Waals surface area contributed by atoms with Gasteiger partial charge >= 0.3 is 0 Å². The van der Waals surface area contributed by atoms with E-state index in [4.69, 9.17) is 0 Å². The third kappa shape index (κ3) is 2.58. The van der Waals surface area contributed by atoms with Crippen molar-refractivity contribution in [3.8, 4) is 0 Å². The molecule has 86 valence electrons. The standard InChI is InChI=1S/C12H17N3O/c1-15(11-4-6-14-9-11)12(16)7-10-3-2-5-13-8-10/h2-3,5,8,11,14H,4,6-7,9H2,1H3. The zero-order chi connectivity index (χ0) is 11.4. The lowest BCUT2D eigenvalue weighted by Crippen LogP contribution is -2.39. The van der Waals surface area contributed by atoms with Gasteiger partial charge in [-0.25, -0.2) is 0 Å². The van der Waals surface area contributed by atoms with Gasteiger partial charge < -0.3 is 10.2 Å². The molecular formula is C12H17N3O. The van der Waals surface area contributed by atoms with E-state index >= 15 is 0 Å². The van der Waals surface area contributed by atoms with Gasteiger partial charge in [-0.1, -0.05) is 6.07 Å². The topological polar surface area (TPSA) is 45.2 Å². The van der Waals surface area contributed by atoms with Crippen LogP contribution >= 0.6 is 0 Å². The molecule has 16 heavy (non-hydrogen) atoms. The van der Waals surface area contributed by atoms with Crippen LogP contribution in [0.25, 0.3) is 0 Å².